The Morgan fingerprint density at radius 1 is 1.50 bits per heavy atom. The maximum Gasteiger partial charge on any atom is 0.137 e. The minimum atomic E-state index is -0.190. The summed E-state index contributed by atoms with van der Waals surface area (Å²) in [5.74, 6) is 0.414. The molecule has 1 aromatic rings. The second-order valence-corrected chi connectivity index (χ2v) is 5.71. The predicted molar refractivity (Wildman–Crippen MR) is 76.1 cm³/mol. The molecule has 2 atom stereocenters. The van der Waals surface area contributed by atoms with Crippen molar-refractivity contribution in [2.75, 3.05) is 26.7 Å². The molecule has 1 aliphatic rings. The van der Waals surface area contributed by atoms with E-state index in [1.54, 1.807) is 6.07 Å². The normalized spacial score (nSPS) is 24.7. The van der Waals surface area contributed by atoms with Crippen molar-refractivity contribution in [2.24, 2.45) is 5.92 Å². The highest BCUT2D eigenvalue weighted by Gasteiger charge is 2.33. The first-order valence-electron chi connectivity index (χ1n) is 6.51. The summed E-state index contributed by atoms with van der Waals surface area (Å²) in [4.78, 5) is 2.47. The molecule has 100 valence electrons. The maximum atomic E-state index is 13.3. The van der Waals surface area contributed by atoms with Crippen molar-refractivity contribution < 1.29 is 4.39 Å². The molecule has 1 heterocycles. The topological polar surface area (TPSA) is 15.3 Å². The van der Waals surface area contributed by atoms with Crippen molar-refractivity contribution in [3.8, 4) is 0 Å². The predicted octanol–water partition coefficient (Wildman–Crippen LogP) is 3.19. The van der Waals surface area contributed by atoms with Crippen LogP contribution in [0.2, 0.25) is 0 Å². The number of hydrogen-bond acceptors (Lipinski definition) is 2. The third kappa shape index (κ3) is 2.76. The lowest BCUT2D eigenvalue weighted by molar-refractivity contribution is 0.238. The molecule has 2 rings (SSSR count). The van der Waals surface area contributed by atoms with Crippen LogP contribution in [0.3, 0.4) is 0 Å². The molecule has 2 nitrogen and oxygen atoms in total. The Morgan fingerprint density at radius 3 is 2.89 bits per heavy atom. The second-order valence-electron chi connectivity index (χ2n) is 4.85. The van der Waals surface area contributed by atoms with E-state index in [9.17, 15) is 4.39 Å². The number of nitrogens with zero attached hydrogens (tertiary/aromatic N) is 1. The van der Waals surface area contributed by atoms with E-state index in [1.807, 2.05) is 19.2 Å². The molecule has 0 aliphatic carbocycles. The van der Waals surface area contributed by atoms with Gasteiger partial charge in [-0.2, -0.15) is 0 Å². The van der Waals surface area contributed by atoms with Gasteiger partial charge in [-0.15, -0.1) is 0 Å². The minimum Gasteiger partial charge on any atom is -0.319 e. The van der Waals surface area contributed by atoms with Crippen molar-refractivity contribution in [2.45, 2.75) is 19.4 Å². The van der Waals surface area contributed by atoms with Crippen LogP contribution < -0.4 is 5.32 Å². The third-order valence-electron chi connectivity index (χ3n) is 3.78. The van der Waals surface area contributed by atoms with Gasteiger partial charge in [0.25, 0.3) is 0 Å². The molecule has 0 aromatic heterocycles. The molecular formula is C14H20BrFN2. The molecule has 1 aromatic carbocycles. The van der Waals surface area contributed by atoms with E-state index in [0.717, 1.165) is 19.6 Å². The zero-order valence-electron chi connectivity index (χ0n) is 10.9. The van der Waals surface area contributed by atoms with Gasteiger partial charge >= 0.3 is 0 Å². The molecule has 4 heteroatoms. The monoisotopic (exact) mass is 314 g/mol. The fourth-order valence-electron chi connectivity index (χ4n) is 2.94. The van der Waals surface area contributed by atoms with Gasteiger partial charge in [-0.05, 0) is 72.6 Å². The molecule has 1 aliphatic heterocycles. The first-order chi connectivity index (χ1) is 8.67. The summed E-state index contributed by atoms with van der Waals surface area (Å²) in [6, 6.07) is 5.81. The van der Waals surface area contributed by atoms with Crippen molar-refractivity contribution in [3.63, 3.8) is 0 Å². The Labute approximate surface area is 117 Å². The lowest BCUT2D eigenvalue weighted by atomic mass is 9.93. The molecule has 0 saturated carbocycles. The van der Waals surface area contributed by atoms with Crippen LogP contribution in [-0.4, -0.2) is 31.6 Å². The molecule has 0 radical (unpaired) electrons. The number of hydrogen-bond donors (Lipinski definition) is 1. The van der Waals surface area contributed by atoms with Gasteiger partial charge in [-0.1, -0.05) is 13.0 Å². The van der Waals surface area contributed by atoms with Crippen LogP contribution in [0.4, 0.5) is 4.39 Å². The lowest BCUT2D eigenvalue weighted by Crippen LogP contribution is -2.29. The Balaban J connectivity index is 2.28. The van der Waals surface area contributed by atoms with E-state index in [0.29, 0.717) is 16.4 Å². The Kier molecular flexibility index (Phi) is 4.76. The van der Waals surface area contributed by atoms with E-state index in [-0.39, 0.29) is 5.82 Å². The highest BCUT2D eigenvalue weighted by molar-refractivity contribution is 9.10. The average Bonchev–Trinajstić information content (AvgIpc) is 2.76. The maximum absolute atomic E-state index is 13.3. The van der Waals surface area contributed by atoms with Crippen LogP contribution in [0, 0.1) is 11.7 Å². The van der Waals surface area contributed by atoms with Crippen LogP contribution in [-0.2, 0) is 0 Å². The largest absolute Gasteiger partial charge is 0.319 e. The van der Waals surface area contributed by atoms with Crippen LogP contribution in [0.25, 0.3) is 0 Å². The van der Waals surface area contributed by atoms with Crippen LogP contribution >= 0.6 is 15.9 Å². The molecule has 0 spiro atoms. The fourth-order valence-corrected chi connectivity index (χ4v) is 3.33. The van der Waals surface area contributed by atoms with Crippen LogP contribution in [0.1, 0.15) is 24.9 Å². The van der Waals surface area contributed by atoms with E-state index in [1.165, 1.54) is 12.0 Å². The number of halogens is 2. The van der Waals surface area contributed by atoms with Crippen molar-refractivity contribution in [1.82, 2.24) is 10.2 Å². The molecular weight excluding hydrogens is 295 g/mol. The smallest absolute Gasteiger partial charge is 0.137 e. The average molecular weight is 315 g/mol. The van der Waals surface area contributed by atoms with E-state index in [4.69, 9.17) is 0 Å². The second kappa shape index (κ2) is 6.13. The Bertz CT molecular complexity index is 411. The summed E-state index contributed by atoms with van der Waals surface area (Å²) in [5, 5.41) is 3.27. The number of likely N-dealkylation sites (tertiary alicyclic amines) is 1. The molecule has 0 amide bonds. The fraction of sp³-hybridized carbons (Fsp3) is 0.571. The van der Waals surface area contributed by atoms with Gasteiger partial charge in [-0.3, -0.25) is 4.90 Å². The van der Waals surface area contributed by atoms with Crippen LogP contribution in [0.5, 0.6) is 0 Å². The summed E-state index contributed by atoms with van der Waals surface area (Å²) >= 11 is 3.28. The van der Waals surface area contributed by atoms with Gasteiger partial charge in [0.15, 0.2) is 0 Å². The van der Waals surface area contributed by atoms with Gasteiger partial charge in [-0.25, -0.2) is 4.39 Å². The van der Waals surface area contributed by atoms with E-state index in [2.05, 4.69) is 33.1 Å². The highest BCUT2D eigenvalue weighted by Crippen LogP contribution is 2.37. The molecule has 2 unspecified atom stereocenters. The summed E-state index contributed by atoms with van der Waals surface area (Å²) in [6.07, 6.45) is 1.20. The summed E-state index contributed by atoms with van der Waals surface area (Å²) < 4.78 is 13.9. The SMILES string of the molecule is CCN1CCC(CNC)C1c1ccc(F)c(Br)c1. The summed E-state index contributed by atoms with van der Waals surface area (Å²) in [7, 11) is 1.99. The molecule has 1 fully saturated rings. The quantitative estimate of drug-likeness (QED) is 0.918. The van der Waals surface area contributed by atoms with Gasteiger partial charge in [0.1, 0.15) is 5.82 Å². The molecule has 1 N–H and O–H groups in total. The first kappa shape index (κ1) is 14.0. The Hall–Kier alpha value is -0.450. The number of nitrogens with one attached hydrogen (secondary N) is 1. The van der Waals surface area contributed by atoms with Gasteiger partial charge in [0.2, 0.25) is 0 Å². The number of benzene rings is 1. The van der Waals surface area contributed by atoms with Gasteiger partial charge < -0.3 is 5.32 Å². The summed E-state index contributed by atoms with van der Waals surface area (Å²) in [5.41, 5.74) is 1.21. The third-order valence-corrected chi connectivity index (χ3v) is 4.39. The van der Waals surface area contributed by atoms with Gasteiger partial charge in [0.05, 0.1) is 4.47 Å². The summed E-state index contributed by atoms with van der Waals surface area (Å²) in [6.45, 7) is 5.37. The zero-order chi connectivity index (χ0) is 13.1. The first-order valence-corrected chi connectivity index (χ1v) is 7.30. The zero-order valence-corrected chi connectivity index (χ0v) is 12.5. The van der Waals surface area contributed by atoms with Crippen LogP contribution in [0.15, 0.2) is 22.7 Å². The minimum absolute atomic E-state index is 0.190. The van der Waals surface area contributed by atoms with Gasteiger partial charge in [0, 0.05) is 6.04 Å². The van der Waals surface area contributed by atoms with Crippen molar-refractivity contribution >= 4 is 15.9 Å². The number of rotatable bonds is 4. The molecule has 0 bridgehead atoms. The van der Waals surface area contributed by atoms with E-state index < -0.39 is 0 Å². The lowest BCUT2D eigenvalue weighted by Gasteiger charge is -2.28. The van der Waals surface area contributed by atoms with E-state index >= 15 is 0 Å². The standard InChI is InChI=1S/C14H20BrFN2/c1-3-18-7-6-11(9-17-2)14(18)10-4-5-13(16)12(15)8-10/h4-5,8,11,14,17H,3,6-7,9H2,1-2H3. The molecule has 18 heavy (non-hydrogen) atoms. The Morgan fingerprint density at radius 2 is 2.28 bits per heavy atom. The molecule has 1 saturated heterocycles. The highest BCUT2D eigenvalue weighted by atomic mass is 79.9. The van der Waals surface area contributed by atoms with Crippen molar-refractivity contribution in [1.29, 1.82) is 0 Å². The van der Waals surface area contributed by atoms with Crippen molar-refractivity contribution in [3.05, 3.63) is 34.1 Å².